The molecule has 0 spiro atoms. The number of aliphatic hydroxyl groups excluding tert-OH is 1. The Kier molecular flexibility index (Phi) is 4.07. The molecule has 0 aromatic heterocycles. The molecule has 0 aliphatic carbocycles. The van der Waals surface area contributed by atoms with Gasteiger partial charge in [0.2, 0.25) is 0 Å². The maximum absolute atomic E-state index is 10.3. The summed E-state index contributed by atoms with van der Waals surface area (Å²) < 4.78 is 1.05. The first kappa shape index (κ1) is 12.9. The standard InChI is InChI=1S/C14H12ClIO/c1-9-6-7-10(8-12(9)15)14(17)11-4-2-3-5-13(11)16/h2-8,14,17H,1H3. The highest BCUT2D eigenvalue weighted by Crippen LogP contribution is 2.28. The number of hydrogen-bond donors (Lipinski definition) is 1. The summed E-state index contributed by atoms with van der Waals surface area (Å²) in [6.07, 6.45) is -0.624. The number of rotatable bonds is 2. The van der Waals surface area contributed by atoms with Crippen LogP contribution in [0, 0.1) is 10.5 Å². The fraction of sp³-hybridized carbons (Fsp3) is 0.143. The number of aryl methyl sites for hydroxylation is 1. The molecular formula is C14H12ClIO. The Morgan fingerprint density at radius 2 is 1.88 bits per heavy atom. The summed E-state index contributed by atoms with van der Waals surface area (Å²) >= 11 is 8.30. The van der Waals surface area contributed by atoms with Crippen molar-refractivity contribution in [2.24, 2.45) is 0 Å². The monoisotopic (exact) mass is 358 g/mol. The van der Waals surface area contributed by atoms with Gasteiger partial charge in [-0.15, -0.1) is 0 Å². The summed E-state index contributed by atoms with van der Waals surface area (Å²) in [7, 11) is 0. The molecule has 0 fully saturated rings. The highest BCUT2D eigenvalue weighted by Gasteiger charge is 2.13. The summed E-state index contributed by atoms with van der Waals surface area (Å²) in [4.78, 5) is 0. The Morgan fingerprint density at radius 1 is 1.18 bits per heavy atom. The number of benzene rings is 2. The van der Waals surface area contributed by atoms with Crippen LogP contribution >= 0.6 is 34.2 Å². The van der Waals surface area contributed by atoms with Gasteiger partial charge >= 0.3 is 0 Å². The highest BCUT2D eigenvalue weighted by molar-refractivity contribution is 14.1. The molecule has 1 unspecified atom stereocenters. The second-order valence-electron chi connectivity index (χ2n) is 3.93. The van der Waals surface area contributed by atoms with Crippen LogP contribution in [0.25, 0.3) is 0 Å². The van der Waals surface area contributed by atoms with E-state index in [1.807, 2.05) is 49.4 Å². The van der Waals surface area contributed by atoms with Crippen LogP contribution in [0.5, 0.6) is 0 Å². The van der Waals surface area contributed by atoms with Gasteiger partial charge < -0.3 is 5.11 Å². The van der Waals surface area contributed by atoms with Crippen molar-refractivity contribution >= 4 is 34.2 Å². The van der Waals surface area contributed by atoms with Gasteiger partial charge in [0.1, 0.15) is 6.10 Å². The zero-order valence-corrected chi connectivity index (χ0v) is 12.2. The highest BCUT2D eigenvalue weighted by atomic mass is 127. The molecule has 0 saturated carbocycles. The number of halogens is 2. The lowest BCUT2D eigenvalue weighted by Crippen LogP contribution is -2.02. The molecule has 17 heavy (non-hydrogen) atoms. The molecule has 0 radical (unpaired) electrons. The predicted molar refractivity (Wildman–Crippen MR) is 79.4 cm³/mol. The fourth-order valence-corrected chi connectivity index (χ4v) is 2.53. The number of hydrogen-bond acceptors (Lipinski definition) is 1. The molecule has 0 saturated heterocycles. The molecule has 0 bridgehead atoms. The van der Waals surface area contributed by atoms with Crippen molar-refractivity contribution in [2.45, 2.75) is 13.0 Å². The minimum Gasteiger partial charge on any atom is -0.384 e. The van der Waals surface area contributed by atoms with E-state index in [1.54, 1.807) is 0 Å². The van der Waals surface area contributed by atoms with E-state index in [9.17, 15) is 5.11 Å². The lowest BCUT2D eigenvalue weighted by Gasteiger charge is -2.14. The van der Waals surface area contributed by atoms with Gasteiger partial charge in [0.15, 0.2) is 0 Å². The molecule has 0 amide bonds. The van der Waals surface area contributed by atoms with Gasteiger partial charge in [-0.3, -0.25) is 0 Å². The van der Waals surface area contributed by atoms with Crippen LogP contribution in [0.4, 0.5) is 0 Å². The van der Waals surface area contributed by atoms with Crippen LogP contribution < -0.4 is 0 Å². The molecule has 1 nitrogen and oxygen atoms in total. The van der Waals surface area contributed by atoms with E-state index in [0.29, 0.717) is 5.02 Å². The fourth-order valence-electron chi connectivity index (χ4n) is 1.66. The van der Waals surface area contributed by atoms with Crippen LogP contribution in [0.3, 0.4) is 0 Å². The first-order chi connectivity index (χ1) is 8.09. The van der Waals surface area contributed by atoms with E-state index in [4.69, 9.17) is 11.6 Å². The van der Waals surface area contributed by atoms with Crippen molar-refractivity contribution in [1.82, 2.24) is 0 Å². The van der Waals surface area contributed by atoms with Crippen molar-refractivity contribution < 1.29 is 5.11 Å². The Hall–Kier alpha value is -0.580. The van der Waals surface area contributed by atoms with Gasteiger partial charge in [0, 0.05) is 8.59 Å². The van der Waals surface area contributed by atoms with E-state index >= 15 is 0 Å². The number of aliphatic hydroxyl groups is 1. The lowest BCUT2D eigenvalue weighted by atomic mass is 10.0. The van der Waals surface area contributed by atoms with E-state index in [2.05, 4.69) is 22.6 Å². The van der Waals surface area contributed by atoms with Gasteiger partial charge in [-0.2, -0.15) is 0 Å². The third-order valence-electron chi connectivity index (χ3n) is 2.71. The largest absolute Gasteiger partial charge is 0.384 e. The lowest BCUT2D eigenvalue weighted by molar-refractivity contribution is 0.219. The van der Waals surface area contributed by atoms with Crippen LogP contribution in [-0.4, -0.2) is 5.11 Å². The van der Waals surface area contributed by atoms with Gasteiger partial charge in [0.05, 0.1) is 0 Å². The summed E-state index contributed by atoms with van der Waals surface area (Å²) in [5, 5.41) is 11.0. The van der Waals surface area contributed by atoms with Gasteiger partial charge in [-0.05, 0) is 58.3 Å². The Bertz CT molecular complexity index is 539. The van der Waals surface area contributed by atoms with Gasteiger partial charge in [0.25, 0.3) is 0 Å². The Labute approximate surface area is 120 Å². The van der Waals surface area contributed by atoms with E-state index < -0.39 is 6.10 Å². The normalized spacial score (nSPS) is 12.5. The van der Waals surface area contributed by atoms with Gasteiger partial charge in [-0.1, -0.05) is 41.9 Å². The molecule has 0 aliphatic rings. The zero-order chi connectivity index (χ0) is 12.4. The van der Waals surface area contributed by atoms with Crippen LogP contribution in [0.2, 0.25) is 5.02 Å². The van der Waals surface area contributed by atoms with Gasteiger partial charge in [-0.25, -0.2) is 0 Å². The Balaban J connectivity index is 2.40. The molecular weight excluding hydrogens is 347 g/mol. The summed E-state index contributed by atoms with van der Waals surface area (Å²) in [6, 6.07) is 13.5. The SMILES string of the molecule is Cc1ccc(C(O)c2ccccc2I)cc1Cl. The predicted octanol–water partition coefficient (Wildman–Crippen LogP) is 4.33. The molecule has 88 valence electrons. The van der Waals surface area contributed by atoms with E-state index in [0.717, 1.165) is 20.3 Å². The van der Waals surface area contributed by atoms with Crippen molar-refractivity contribution in [3.05, 3.63) is 67.7 Å². The molecule has 3 heteroatoms. The first-order valence-corrected chi connectivity index (χ1v) is 6.74. The van der Waals surface area contributed by atoms with Crippen molar-refractivity contribution in [2.75, 3.05) is 0 Å². The molecule has 2 aromatic carbocycles. The zero-order valence-electron chi connectivity index (χ0n) is 9.32. The molecule has 1 N–H and O–H groups in total. The summed E-state index contributed by atoms with van der Waals surface area (Å²) in [5.74, 6) is 0. The van der Waals surface area contributed by atoms with Crippen LogP contribution in [-0.2, 0) is 0 Å². The molecule has 0 heterocycles. The summed E-state index contributed by atoms with van der Waals surface area (Å²) in [6.45, 7) is 1.95. The average Bonchev–Trinajstić information content (AvgIpc) is 2.32. The molecule has 2 rings (SSSR count). The maximum Gasteiger partial charge on any atom is 0.105 e. The molecule has 1 atom stereocenters. The average molecular weight is 359 g/mol. The van der Waals surface area contributed by atoms with Crippen molar-refractivity contribution in [1.29, 1.82) is 0 Å². The van der Waals surface area contributed by atoms with Crippen LogP contribution in [0.1, 0.15) is 22.8 Å². The second-order valence-corrected chi connectivity index (χ2v) is 5.50. The smallest absolute Gasteiger partial charge is 0.105 e. The van der Waals surface area contributed by atoms with E-state index in [-0.39, 0.29) is 0 Å². The minimum atomic E-state index is -0.624. The minimum absolute atomic E-state index is 0.624. The quantitative estimate of drug-likeness (QED) is 0.792. The Morgan fingerprint density at radius 3 is 2.53 bits per heavy atom. The third-order valence-corrected chi connectivity index (χ3v) is 4.10. The topological polar surface area (TPSA) is 20.2 Å². The molecule has 2 aromatic rings. The van der Waals surface area contributed by atoms with Crippen molar-refractivity contribution in [3.63, 3.8) is 0 Å². The second kappa shape index (κ2) is 5.38. The molecule has 0 aliphatic heterocycles. The first-order valence-electron chi connectivity index (χ1n) is 5.28. The van der Waals surface area contributed by atoms with Crippen molar-refractivity contribution in [3.8, 4) is 0 Å². The maximum atomic E-state index is 10.3. The third kappa shape index (κ3) is 2.81. The summed E-state index contributed by atoms with van der Waals surface area (Å²) in [5.41, 5.74) is 2.75. The van der Waals surface area contributed by atoms with E-state index in [1.165, 1.54) is 0 Å². The van der Waals surface area contributed by atoms with Crippen LogP contribution in [0.15, 0.2) is 42.5 Å².